The SMILES string of the molecule is CCOC(=O)c1cn(Cc2ccccn2)c2ccc(C(F)(F)F)cc2c1=O. The third kappa shape index (κ3) is 3.84. The van der Waals surface area contributed by atoms with E-state index in [1.54, 1.807) is 31.3 Å². The van der Waals surface area contributed by atoms with Crippen LogP contribution in [-0.4, -0.2) is 22.1 Å². The predicted molar refractivity (Wildman–Crippen MR) is 92.5 cm³/mol. The molecule has 27 heavy (non-hydrogen) atoms. The first kappa shape index (κ1) is 18.6. The summed E-state index contributed by atoms with van der Waals surface area (Å²) >= 11 is 0. The molecule has 2 heterocycles. The van der Waals surface area contributed by atoms with Crippen LogP contribution in [0.5, 0.6) is 0 Å². The lowest BCUT2D eigenvalue weighted by molar-refractivity contribution is -0.137. The summed E-state index contributed by atoms with van der Waals surface area (Å²) < 4.78 is 45.6. The number of halogens is 3. The van der Waals surface area contributed by atoms with E-state index in [4.69, 9.17) is 4.74 Å². The molecule has 0 radical (unpaired) electrons. The van der Waals surface area contributed by atoms with Crippen LogP contribution in [0, 0.1) is 0 Å². The molecule has 2 aromatic heterocycles. The van der Waals surface area contributed by atoms with Crippen molar-refractivity contribution in [2.45, 2.75) is 19.6 Å². The van der Waals surface area contributed by atoms with Gasteiger partial charge in [0.2, 0.25) is 5.43 Å². The summed E-state index contributed by atoms with van der Waals surface area (Å²) in [5, 5.41) is -0.202. The largest absolute Gasteiger partial charge is 0.462 e. The van der Waals surface area contributed by atoms with Crippen LogP contribution in [-0.2, 0) is 17.5 Å². The van der Waals surface area contributed by atoms with Gasteiger partial charge in [-0.2, -0.15) is 13.2 Å². The molecule has 0 aliphatic rings. The summed E-state index contributed by atoms with van der Waals surface area (Å²) in [6, 6.07) is 8.11. The molecule has 0 amide bonds. The number of hydrogen-bond acceptors (Lipinski definition) is 4. The highest BCUT2D eigenvalue weighted by atomic mass is 19.4. The molecule has 140 valence electrons. The van der Waals surface area contributed by atoms with Crippen molar-refractivity contribution in [1.82, 2.24) is 9.55 Å². The number of benzene rings is 1. The van der Waals surface area contributed by atoms with Crippen LogP contribution in [0.1, 0.15) is 28.5 Å². The van der Waals surface area contributed by atoms with E-state index in [1.165, 1.54) is 16.8 Å². The number of fused-ring (bicyclic) bond motifs is 1. The van der Waals surface area contributed by atoms with Crippen molar-refractivity contribution < 1.29 is 22.7 Å². The molecular formula is C19H15F3N2O3. The normalized spacial score (nSPS) is 11.6. The second kappa shape index (κ2) is 7.22. The summed E-state index contributed by atoms with van der Waals surface area (Å²) in [7, 11) is 0. The maximum absolute atomic E-state index is 13.1. The van der Waals surface area contributed by atoms with Gasteiger partial charge in [-0.05, 0) is 37.3 Å². The summed E-state index contributed by atoms with van der Waals surface area (Å²) in [4.78, 5) is 28.9. The molecule has 0 aliphatic heterocycles. The Hall–Kier alpha value is -3.16. The van der Waals surface area contributed by atoms with E-state index >= 15 is 0 Å². The average Bonchev–Trinajstić information content (AvgIpc) is 2.64. The van der Waals surface area contributed by atoms with Gasteiger partial charge in [-0.15, -0.1) is 0 Å². The van der Waals surface area contributed by atoms with Crippen LogP contribution in [0.15, 0.2) is 53.6 Å². The fourth-order valence-electron chi connectivity index (χ4n) is 2.73. The van der Waals surface area contributed by atoms with Crippen LogP contribution >= 0.6 is 0 Å². The molecule has 0 unspecified atom stereocenters. The van der Waals surface area contributed by atoms with Crippen LogP contribution < -0.4 is 5.43 Å². The molecule has 5 nitrogen and oxygen atoms in total. The van der Waals surface area contributed by atoms with Gasteiger partial charge in [-0.25, -0.2) is 4.79 Å². The predicted octanol–water partition coefficient (Wildman–Crippen LogP) is 3.64. The van der Waals surface area contributed by atoms with Gasteiger partial charge in [0.15, 0.2) is 0 Å². The highest BCUT2D eigenvalue weighted by molar-refractivity contribution is 5.94. The van der Waals surface area contributed by atoms with Crippen LogP contribution in [0.2, 0.25) is 0 Å². The van der Waals surface area contributed by atoms with E-state index in [0.29, 0.717) is 5.69 Å². The molecule has 0 N–H and O–H groups in total. The number of hydrogen-bond donors (Lipinski definition) is 0. The summed E-state index contributed by atoms with van der Waals surface area (Å²) in [6.07, 6.45) is -1.73. The van der Waals surface area contributed by atoms with E-state index in [9.17, 15) is 22.8 Å². The van der Waals surface area contributed by atoms with Gasteiger partial charge in [-0.3, -0.25) is 9.78 Å². The fraction of sp³-hybridized carbons (Fsp3) is 0.211. The van der Waals surface area contributed by atoms with Gasteiger partial charge in [0, 0.05) is 17.8 Å². The molecule has 0 bridgehead atoms. The first-order chi connectivity index (χ1) is 12.8. The van der Waals surface area contributed by atoms with Crippen molar-refractivity contribution in [3.8, 4) is 0 Å². The van der Waals surface area contributed by atoms with Crippen molar-refractivity contribution in [2.75, 3.05) is 6.61 Å². The third-order valence-electron chi connectivity index (χ3n) is 3.96. The third-order valence-corrected chi connectivity index (χ3v) is 3.96. The molecule has 0 aliphatic carbocycles. The maximum Gasteiger partial charge on any atom is 0.416 e. The Bertz CT molecular complexity index is 1040. The minimum Gasteiger partial charge on any atom is -0.462 e. The Labute approximate surface area is 152 Å². The van der Waals surface area contributed by atoms with Crippen molar-refractivity contribution in [3.05, 3.63) is 75.8 Å². The molecule has 0 spiro atoms. The number of aromatic nitrogens is 2. The van der Waals surface area contributed by atoms with E-state index < -0.39 is 23.1 Å². The number of pyridine rings is 2. The monoisotopic (exact) mass is 376 g/mol. The van der Waals surface area contributed by atoms with Gasteiger partial charge in [-0.1, -0.05) is 6.07 Å². The average molecular weight is 376 g/mol. The Kier molecular flexibility index (Phi) is 4.98. The number of ether oxygens (including phenoxy) is 1. The van der Waals surface area contributed by atoms with E-state index in [1.807, 2.05) is 0 Å². The minimum atomic E-state index is -4.60. The quantitative estimate of drug-likeness (QED) is 0.653. The second-order valence-electron chi connectivity index (χ2n) is 5.77. The number of nitrogens with zero attached hydrogens (tertiary/aromatic N) is 2. The zero-order chi connectivity index (χ0) is 19.6. The second-order valence-corrected chi connectivity index (χ2v) is 5.77. The number of carbonyl (C=O) groups is 1. The van der Waals surface area contributed by atoms with Crippen molar-refractivity contribution in [1.29, 1.82) is 0 Å². The minimum absolute atomic E-state index is 0.0408. The molecule has 3 rings (SSSR count). The van der Waals surface area contributed by atoms with Gasteiger partial charge in [0.05, 0.1) is 29.9 Å². The van der Waals surface area contributed by atoms with E-state index in [2.05, 4.69) is 4.98 Å². The lowest BCUT2D eigenvalue weighted by Crippen LogP contribution is -2.22. The molecule has 0 atom stereocenters. The van der Waals surface area contributed by atoms with Crippen LogP contribution in [0.4, 0.5) is 13.2 Å². The van der Waals surface area contributed by atoms with Gasteiger partial charge < -0.3 is 9.30 Å². The van der Waals surface area contributed by atoms with Crippen LogP contribution in [0.3, 0.4) is 0 Å². The first-order valence-electron chi connectivity index (χ1n) is 8.12. The highest BCUT2D eigenvalue weighted by Crippen LogP contribution is 2.31. The molecule has 0 saturated carbocycles. The number of alkyl halides is 3. The summed E-state index contributed by atoms with van der Waals surface area (Å²) in [5.74, 6) is -0.878. The van der Waals surface area contributed by atoms with Gasteiger partial charge in [0.25, 0.3) is 0 Å². The van der Waals surface area contributed by atoms with Gasteiger partial charge >= 0.3 is 12.1 Å². The standard InChI is InChI=1S/C19H15F3N2O3/c1-2-27-18(26)15-11-24(10-13-5-3-4-8-23-13)16-7-6-12(19(20,21)22)9-14(16)17(15)25/h3-9,11H,2,10H2,1H3. The maximum atomic E-state index is 13.1. The molecule has 0 fully saturated rings. The smallest absolute Gasteiger partial charge is 0.416 e. The lowest BCUT2D eigenvalue weighted by atomic mass is 10.1. The Morgan fingerprint density at radius 1 is 1.22 bits per heavy atom. The van der Waals surface area contributed by atoms with E-state index in [-0.39, 0.29) is 29.6 Å². The molecular weight excluding hydrogens is 361 g/mol. The van der Waals surface area contributed by atoms with E-state index in [0.717, 1.165) is 12.1 Å². The number of esters is 1. The van der Waals surface area contributed by atoms with Crippen molar-refractivity contribution >= 4 is 16.9 Å². The lowest BCUT2D eigenvalue weighted by Gasteiger charge is -2.14. The number of rotatable bonds is 4. The van der Waals surface area contributed by atoms with Gasteiger partial charge in [0.1, 0.15) is 5.56 Å². The Morgan fingerprint density at radius 3 is 2.63 bits per heavy atom. The zero-order valence-corrected chi connectivity index (χ0v) is 14.3. The van der Waals surface area contributed by atoms with Crippen LogP contribution in [0.25, 0.3) is 10.9 Å². The highest BCUT2D eigenvalue weighted by Gasteiger charge is 2.31. The number of carbonyl (C=O) groups excluding carboxylic acids is 1. The van der Waals surface area contributed by atoms with Crippen molar-refractivity contribution in [2.24, 2.45) is 0 Å². The molecule has 8 heteroatoms. The van der Waals surface area contributed by atoms with Crippen molar-refractivity contribution in [3.63, 3.8) is 0 Å². The summed E-state index contributed by atoms with van der Waals surface area (Å²) in [6.45, 7) is 1.79. The Morgan fingerprint density at radius 2 is 2.00 bits per heavy atom. The molecule has 1 aromatic carbocycles. The molecule has 0 saturated heterocycles. The first-order valence-corrected chi connectivity index (χ1v) is 8.12. The fourth-order valence-corrected chi connectivity index (χ4v) is 2.73. The molecule has 3 aromatic rings. The topological polar surface area (TPSA) is 61.2 Å². The summed E-state index contributed by atoms with van der Waals surface area (Å²) in [5.41, 5.74) is -1.19. The zero-order valence-electron chi connectivity index (χ0n) is 14.3. The Balaban J connectivity index is 2.25.